The van der Waals surface area contributed by atoms with Crippen molar-refractivity contribution in [3.63, 3.8) is 0 Å². The number of rotatable bonds is 0. The summed E-state index contributed by atoms with van der Waals surface area (Å²) in [6, 6.07) is 17.0. The van der Waals surface area contributed by atoms with Gasteiger partial charge < -0.3 is 0 Å². The molecular weight excluding hydrogens is 240 g/mol. The first-order valence-corrected chi connectivity index (χ1v) is 7.09. The first-order valence-electron chi connectivity index (χ1n) is 6.66. The number of aryl methyl sites for hydroxylation is 2. The second-order valence-corrected chi connectivity index (χ2v) is 4.70. The van der Waals surface area contributed by atoms with E-state index in [9.17, 15) is 0 Å². The van der Waals surface area contributed by atoms with Crippen molar-refractivity contribution in [2.24, 2.45) is 0 Å². The number of benzene rings is 2. The van der Waals surface area contributed by atoms with Gasteiger partial charge in [-0.3, -0.25) is 0 Å². The van der Waals surface area contributed by atoms with E-state index in [1.54, 1.807) is 0 Å². The minimum absolute atomic E-state index is 0.00917. The molecule has 0 bridgehead atoms. The zero-order chi connectivity index (χ0) is 13.0. The molecule has 2 aromatic rings. The van der Waals surface area contributed by atoms with E-state index < -0.39 is 0 Å². The lowest BCUT2D eigenvalue weighted by molar-refractivity contribution is 0.965. The van der Waals surface area contributed by atoms with Gasteiger partial charge in [0.15, 0.2) is 0 Å². The predicted molar refractivity (Wildman–Crippen MR) is 79.3 cm³/mol. The molecule has 0 amide bonds. The van der Waals surface area contributed by atoms with Crippen LogP contribution < -0.4 is 0 Å². The average molecular weight is 259 g/mol. The SMILES string of the molecule is CC.ClC1c2ccccc2CCc2ccccc21. The maximum Gasteiger partial charge on any atom is 0.0840 e. The maximum absolute atomic E-state index is 6.58. The molecule has 0 saturated carbocycles. The molecule has 1 heteroatoms. The van der Waals surface area contributed by atoms with Gasteiger partial charge in [0.2, 0.25) is 0 Å². The Kier molecular flexibility index (Phi) is 4.43. The van der Waals surface area contributed by atoms with Gasteiger partial charge in [0.1, 0.15) is 0 Å². The van der Waals surface area contributed by atoms with Crippen molar-refractivity contribution < 1.29 is 0 Å². The Labute approximate surface area is 115 Å². The summed E-state index contributed by atoms with van der Waals surface area (Å²) in [6.45, 7) is 4.00. The number of hydrogen-bond acceptors (Lipinski definition) is 0. The van der Waals surface area contributed by atoms with Gasteiger partial charge in [-0.05, 0) is 35.1 Å². The Morgan fingerprint density at radius 2 is 1.17 bits per heavy atom. The van der Waals surface area contributed by atoms with Crippen molar-refractivity contribution in [1.29, 1.82) is 0 Å². The molecule has 1 aliphatic carbocycles. The number of fused-ring (bicyclic) bond motifs is 2. The largest absolute Gasteiger partial charge is 0.113 e. The molecule has 0 unspecified atom stereocenters. The predicted octanol–water partition coefficient (Wildman–Crippen LogP) is 5.14. The van der Waals surface area contributed by atoms with Gasteiger partial charge in [-0.1, -0.05) is 62.4 Å². The summed E-state index contributed by atoms with van der Waals surface area (Å²) in [5.41, 5.74) is 5.32. The summed E-state index contributed by atoms with van der Waals surface area (Å²) < 4.78 is 0. The molecule has 0 radical (unpaired) electrons. The van der Waals surface area contributed by atoms with Crippen molar-refractivity contribution in [1.82, 2.24) is 0 Å². The Morgan fingerprint density at radius 1 is 0.778 bits per heavy atom. The Bertz CT molecular complexity index is 469. The third-order valence-electron chi connectivity index (χ3n) is 3.32. The Hall–Kier alpha value is -1.27. The van der Waals surface area contributed by atoms with E-state index in [1.807, 2.05) is 13.8 Å². The first-order chi connectivity index (χ1) is 8.86. The van der Waals surface area contributed by atoms with E-state index in [0.717, 1.165) is 12.8 Å². The highest BCUT2D eigenvalue weighted by Gasteiger charge is 2.20. The number of alkyl halides is 1. The molecule has 0 spiro atoms. The van der Waals surface area contributed by atoms with Crippen LogP contribution in [0, 0.1) is 0 Å². The molecule has 0 atom stereocenters. The van der Waals surface area contributed by atoms with Gasteiger partial charge in [0.25, 0.3) is 0 Å². The molecule has 3 rings (SSSR count). The summed E-state index contributed by atoms with van der Waals surface area (Å²) in [4.78, 5) is 0. The smallest absolute Gasteiger partial charge is 0.0840 e. The molecule has 0 N–H and O–H groups in total. The van der Waals surface area contributed by atoms with Crippen LogP contribution in [0.4, 0.5) is 0 Å². The van der Waals surface area contributed by atoms with Crippen molar-refractivity contribution in [3.8, 4) is 0 Å². The molecule has 0 aliphatic heterocycles. The lowest BCUT2D eigenvalue weighted by Gasteiger charge is -2.12. The summed E-state index contributed by atoms with van der Waals surface area (Å²) >= 11 is 6.58. The molecule has 0 fully saturated rings. The van der Waals surface area contributed by atoms with Crippen LogP contribution in [0.3, 0.4) is 0 Å². The molecular formula is C17H19Cl. The minimum Gasteiger partial charge on any atom is -0.113 e. The summed E-state index contributed by atoms with van der Waals surface area (Å²) in [6.07, 6.45) is 2.19. The lowest BCUT2D eigenvalue weighted by atomic mass is 10.00. The van der Waals surface area contributed by atoms with Crippen LogP contribution in [0.25, 0.3) is 0 Å². The van der Waals surface area contributed by atoms with Gasteiger partial charge in [0, 0.05) is 0 Å². The van der Waals surface area contributed by atoms with Crippen molar-refractivity contribution in [2.45, 2.75) is 32.1 Å². The summed E-state index contributed by atoms with van der Waals surface area (Å²) in [7, 11) is 0. The van der Waals surface area contributed by atoms with E-state index in [-0.39, 0.29) is 5.38 Å². The number of halogens is 1. The second kappa shape index (κ2) is 6.06. The van der Waals surface area contributed by atoms with E-state index in [4.69, 9.17) is 11.6 Å². The van der Waals surface area contributed by atoms with E-state index in [1.165, 1.54) is 22.3 Å². The topological polar surface area (TPSA) is 0 Å². The van der Waals surface area contributed by atoms with Gasteiger partial charge in [-0.15, -0.1) is 11.6 Å². The first kappa shape index (κ1) is 13.2. The maximum atomic E-state index is 6.58. The zero-order valence-electron chi connectivity index (χ0n) is 11.0. The van der Waals surface area contributed by atoms with Crippen LogP contribution in [0.5, 0.6) is 0 Å². The third-order valence-corrected chi connectivity index (χ3v) is 3.79. The van der Waals surface area contributed by atoms with Crippen molar-refractivity contribution in [2.75, 3.05) is 0 Å². The molecule has 0 saturated heterocycles. The van der Waals surface area contributed by atoms with Crippen LogP contribution in [0.1, 0.15) is 41.5 Å². The highest BCUT2D eigenvalue weighted by molar-refractivity contribution is 6.22. The van der Waals surface area contributed by atoms with Gasteiger partial charge in [-0.2, -0.15) is 0 Å². The minimum atomic E-state index is 0.00917. The highest BCUT2D eigenvalue weighted by atomic mass is 35.5. The molecule has 94 valence electrons. The third kappa shape index (κ3) is 2.44. The van der Waals surface area contributed by atoms with Crippen molar-refractivity contribution >= 4 is 11.6 Å². The standard InChI is InChI=1S/C15H13Cl.C2H6/c16-15-13-7-3-1-5-11(13)9-10-12-6-2-4-8-14(12)15;1-2/h1-8,15H,9-10H2;1-2H3. The summed E-state index contributed by atoms with van der Waals surface area (Å²) in [5.74, 6) is 0. The lowest BCUT2D eigenvalue weighted by Crippen LogP contribution is -1.95. The average Bonchev–Trinajstić information content (AvgIpc) is 2.60. The Balaban J connectivity index is 0.000000574. The van der Waals surface area contributed by atoms with Gasteiger partial charge in [0.05, 0.1) is 5.38 Å². The van der Waals surface area contributed by atoms with Crippen LogP contribution in [-0.2, 0) is 12.8 Å². The molecule has 0 nitrogen and oxygen atoms in total. The second-order valence-electron chi connectivity index (χ2n) is 4.26. The fraction of sp³-hybridized carbons (Fsp3) is 0.294. The fourth-order valence-electron chi connectivity index (χ4n) is 2.46. The highest BCUT2D eigenvalue weighted by Crippen LogP contribution is 2.36. The van der Waals surface area contributed by atoms with Crippen LogP contribution in [-0.4, -0.2) is 0 Å². The van der Waals surface area contributed by atoms with Gasteiger partial charge in [-0.25, -0.2) is 0 Å². The molecule has 18 heavy (non-hydrogen) atoms. The quantitative estimate of drug-likeness (QED) is 0.574. The monoisotopic (exact) mass is 258 g/mol. The number of hydrogen-bond donors (Lipinski definition) is 0. The van der Waals surface area contributed by atoms with Crippen LogP contribution in [0.2, 0.25) is 0 Å². The van der Waals surface area contributed by atoms with Crippen LogP contribution >= 0.6 is 11.6 Å². The van der Waals surface area contributed by atoms with E-state index in [0.29, 0.717) is 0 Å². The van der Waals surface area contributed by atoms with E-state index >= 15 is 0 Å². The van der Waals surface area contributed by atoms with E-state index in [2.05, 4.69) is 48.5 Å². The molecule has 0 aromatic heterocycles. The normalized spacial score (nSPS) is 13.7. The zero-order valence-corrected chi connectivity index (χ0v) is 11.7. The van der Waals surface area contributed by atoms with Crippen molar-refractivity contribution in [3.05, 3.63) is 70.8 Å². The van der Waals surface area contributed by atoms with Crippen LogP contribution in [0.15, 0.2) is 48.5 Å². The molecule has 0 heterocycles. The fourth-order valence-corrected chi connectivity index (χ4v) is 2.88. The summed E-state index contributed by atoms with van der Waals surface area (Å²) in [5, 5.41) is 0.00917. The van der Waals surface area contributed by atoms with Gasteiger partial charge >= 0.3 is 0 Å². The molecule has 1 aliphatic rings. The molecule has 2 aromatic carbocycles. The Morgan fingerprint density at radius 3 is 1.61 bits per heavy atom.